The van der Waals surface area contributed by atoms with Crippen LogP contribution in [-0.2, 0) is 9.53 Å². The molecule has 0 fully saturated rings. The average Bonchev–Trinajstić information content (AvgIpc) is 2.99. The van der Waals surface area contributed by atoms with E-state index in [0.29, 0.717) is 27.9 Å². The second kappa shape index (κ2) is 6.67. The molecule has 2 aromatic rings. The van der Waals surface area contributed by atoms with Crippen LogP contribution in [0.1, 0.15) is 25.5 Å². The van der Waals surface area contributed by atoms with Crippen molar-refractivity contribution in [2.45, 2.75) is 25.0 Å². The normalized spacial score (nSPS) is 16.4. The highest BCUT2D eigenvalue weighted by Gasteiger charge is 2.35. The molecule has 1 aliphatic rings. The van der Waals surface area contributed by atoms with Gasteiger partial charge in [-0.15, -0.1) is 5.10 Å². The molecular formula is C16H18N4O4S. The number of esters is 1. The van der Waals surface area contributed by atoms with Crippen molar-refractivity contribution in [3.63, 3.8) is 0 Å². The zero-order valence-corrected chi connectivity index (χ0v) is 14.8. The minimum absolute atomic E-state index is 0.236. The summed E-state index contributed by atoms with van der Waals surface area (Å²) in [6.45, 7) is 3.73. The summed E-state index contributed by atoms with van der Waals surface area (Å²) < 4.78 is 6.77. The highest BCUT2D eigenvalue weighted by Crippen LogP contribution is 2.38. The lowest BCUT2D eigenvalue weighted by molar-refractivity contribution is -0.139. The summed E-state index contributed by atoms with van der Waals surface area (Å²) in [5.74, 6) is -0.493. The Labute approximate surface area is 148 Å². The lowest BCUT2D eigenvalue weighted by Gasteiger charge is -2.28. The summed E-state index contributed by atoms with van der Waals surface area (Å²) in [7, 11) is 0. The molecule has 1 atom stereocenters. The van der Waals surface area contributed by atoms with Crippen LogP contribution in [0.3, 0.4) is 0 Å². The van der Waals surface area contributed by atoms with Gasteiger partial charge in [0.2, 0.25) is 11.1 Å². The molecule has 1 aromatic carbocycles. The van der Waals surface area contributed by atoms with Gasteiger partial charge in [0.25, 0.3) is 0 Å². The Morgan fingerprint density at radius 3 is 2.80 bits per heavy atom. The van der Waals surface area contributed by atoms with E-state index < -0.39 is 12.0 Å². The first-order chi connectivity index (χ1) is 12.0. The first-order valence-electron chi connectivity index (χ1n) is 7.63. The largest absolute Gasteiger partial charge is 0.504 e. The number of rotatable bonds is 4. The topological polar surface area (TPSA) is 110 Å². The van der Waals surface area contributed by atoms with E-state index in [1.807, 2.05) is 6.26 Å². The maximum atomic E-state index is 12.5. The molecule has 0 amide bonds. The number of aromatic hydroxyl groups is 2. The van der Waals surface area contributed by atoms with E-state index in [1.165, 1.54) is 23.9 Å². The molecule has 8 nitrogen and oxygen atoms in total. The zero-order chi connectivity index (χ0) is 18.1. The predicted molar refractivity (Wildman–Crippen MR) is 92.7 cm³/mol. The van der Waals surface area contributed by atoms with Crippen LogP contribution >= 0.6 is 11.8 Å². The first kappa shape index (κ1) is 17.2. The van der Waals surface area contributed by atoms with Gasteiger partial charge in [0.1, 0.15) is 6.04 Å². The van der Waals surface area contributed by atoms with Gasteiger partial charge in [-0.3, -0.25) is 0 Å². The minimum Gasteiger partial charge on any atom is -0.504 e. The molecule has 0 bridgehead atoms. The predicted octanol–water partition coefficient (Wildman–Crippen LogP) is 2.26. The van der Waals surface area contributed by atoms with E-state index in [-0.39, 0.29) is 18.1 Å². The van der Waals surface area contributed by atoms with Crippen LogP contribution in [-0.4, -0.2) is 43.8 Å². The van der Waals surface area contributed by atoms with E-state index in [2.05, 4.69) is 15.4 Å². The highest BCUT2D eigenvalue weighted by molar-refractivity contribution is 7.98. The van der Waals surface area contributed by atoms with E-state index in [9.17, 15) is 15.0 Å². The second-order valence-electron chi connectivity index (χ2n) is 5.40. The number of phenols is 2. The summed E-state index contributed by atoms with van der Waals surface area (Å²) >= 11 is 1.38. The number of hydrogen-bond donors (Lipinski definition) is 3. The molecule has 1 aromatic heterocycles. The summed E-state index contributed by atoms with van der Waals surface area (Å²) in [4.78, 5) is 16.9. The van der Waals surface area contributed by atoms with Gasteiger partial charge in [0.15, 0.2) is 11.5 Å². The van der Waals surface area contributed by atoms with Crippen LogP contribution < -0.4 is 5.32 Å². The molecule has 3 N–H and O–H groups in total. The number of anilines is 1. The highest BCUT2D eigenvalue weighted by atomic mass is 32.2. The Kier molecular flexibility index (Phi) is 4.58. The Bertz CT molecular complexity index is 862. The van der Waals surface area contributed by atoms with Crippen LogP contribution in [0.4, 0.5) is 5.95 Å². The van der Waals surface area contributed by atoms with Gasteiger partial charge < -0.3 is 20.3 Å². The van der Waals surface area contributed by atoms with Crippen LogP contribution in [0.5, 0.6) is 11.5 Å². The van der Waals surface area contributed by atoms with Crippen LogP contribution in [0.25, 0.3) is 0 Å². The number of carbonyl (C=O) groups is 1. The van der Waals surface area contributed by atoms with Crippen molar-refractivity contribution in [3.05, 3.63) is 35.0 Å². The Hall–Kier alpha value is -2.68. The van der Waals surface area contributed by atoms with Gasteiger partial charge in [-0.1, -0.05) is 17.8 Å². The van der Waals surface area contributed by atoms with E-state index in [4.69, 9.17) is 4.74 Å². The number of aromatic nitrogens is 3. The second-order valence-corrected chi connectivity index (χ2v) is 6.17. The first-order valence-corrected chi connectivity index (χ1v) is 8.86. The van der Waals surface area contributed by atoms with Crippen molar-refractivity contribution >= 4 is 23.7 Å². The van der Waals surface area contributed by atoms with Crippen molar-refractivity contribution in [3.8, 4) is 11.5 Å². The molecule has 1 unspecified atom stereocenters. The van der Waals surface area contributed by atoms with Crippen molar-refractivity contribution in [2.24, 2.45) is 0 Å². The van der Waals surface area contributed by atoms with Crippen molar-refractivity contribution in [1.29, 1.82) is 0 Å². The molecule has 25 heavy (non-hydrogen) atoms. The molecule has 2 heterocycles. The summed E-state index contributed by atoms with van der Waals surface area (Å²) in [6, 6.07) is 3.77. The smallest absolute Gasteiger partial charge is 0.338 e. The van der Waals surface area contributed by atoms with Gasteiger partial charge in [0, 0.05) is 5.70 Å². The fraction of sp³-hybridized carbons (Fsp3) is 0.312. The van der Waals surface area contributed by atoms with Gasteiger partial charge >= 0.3 is 5.97 Å². The monoisotopic (exact) mass is 362 g/mol. The van der Waals surface area contributed by atoms with Gasteiger partial charge in [-0.25, -0.2) is 9.48 Å². The quantitative estimate of drug-likeness (QED) is 0.432. The molecule has 132 valence electrons. The lowest BCUT2D eigenvalue weighted by atomic mass is 9.95. The standard InChI is InChI=1S/C16H18N4O4S/c1-4-24-14(23)12-8(2)17-15-18-16(25-3)19-20(15)13(12)9-5-6-10(21)11(22)7-9/h5-7,13,21-22H,4H2,1-3H3,(H,17,18,19). The van der Waals surface area contributed by atoms with Gasteiger partial charge in [-0.05, 0) is 37.8 Å². The molecule has 0 spiro atoms. The Morgan fingerprint density at radius 1 is 1.40 bits per heavy atom. The minimum atomic E-state index is -0.629. The third-order valence-electron chi connectivity index (χ3n) is 3.83. The number of ether oxygens (including phenoxy) is 1. The zero-order valence-electron chi connectivity index (χ0n) is 14.0. The Morgan fingerprint density at radius 2 is 2.16 bits per heavy atom. The summed E-state index contributed by atoms with van der Waals surface area (Å²) in [5, 5.41) is 27.5. The summed E-state index contributed by atoms with van der Waals surface area (Å²) in [5.41, 5.74) is 1.55. The summed E-state index contributed by atoms with van der Waals surface area (Å²) in [6.07, 6.45) is 1.86. The number of phenolic OH excluding ortho intramolecular Hbond substituents is 2. The molecule has 0 aliphatic carbocycles. The average molecular weight is 362 g/mol. The van der Waals surface area contributed by atoms with Crippen LogP contribution in [0, 0.1) is 0 Å². The van der Waals surface area contributed by atoms with Gasteiger partial charge in [-0.2, -0.15) is 4.98 Å². The number of nitrogens with one attached hydrogen (secondary N) is 1. The molecule has 9 heteroatoms. The van der Waals surface area contributed by atoms with Crippen LogP contribution in [0.2, 0.25) is 0 Å². The maximum Gasteiger partial charge on any atom is 0.338 e. The number of thioether (sulfide) groups is 1. The third-order valence-corrected chi connectivity index (χ3v) is 4.36. The Balaban J connectivity index is 2.18. The van der Waals surface area contributed by atoms with Crippen molar-refractivity contribution in [1.82, 2.24) is 14.8 Å². The lowest BCUT2D eigenvalue weighted by Crippen LogP contribution is -2.29. The van der Waals surface area contributed by atoms with Crippen molar-refractivity contribution in [2.75, 3.05) is 18.2 Å². The molecule has 1 aliphatic heterocycles. The molecule has 3 rings (SSSR count). The molecule has 0 saturated carbocycles. The van der Waals surface area contributed by atoms with E-state index in [1.54, 1.807) is 24.6 Å². The molecular weight excluding hydrogens is 344 g/mol. The molecule has 0 saturated heterocycles. The van der Waals surface area contributed by atoms with E-state index in [0.717, 1.165) is 0 Å². The fourth-order valence-electron chi connectivity index (χ4n) is 2.71. The number of fused-ring (bicyclic) bond motifs is 1. The number of carbonyl (C=O) groups excluding carboxylic acids is 1. The third kappa shape index (κ3) is 3.02. The number of hydrogen-bond acceptors (Lipinski definition) is 8. The maximum absolute atomic E-state index is 12.5. The van der Waals surface area contributed by atoms with Gasteiger partial charge in [0.05, 0.1) is 12.2 Å². The van der Waals surface area contributed by atoms with Crippen molar-refractivity contribution < 1.29 is 19.7 Å². The molecule has 0 radical (unpaired) electrons. The van der Waals surface area contributed by atoms with Crippen LogP contribution in [0.15, 0.2) is 34.6 Å². The van der Waals surface area contributed by atoms with E-state index >= 15 is 0 Å². The number of benzene rings is 1. The SMILES string of the molecule is CCOC(=O)C1=C(C)Nc2nc(SC)nn2C1c1ccc(O)c(O)c1. The fourth-order valence-corrected chi connectivity index (χ4v) is 3.06. The number of allylic oxidation sites excluding steroid dienone is 1. The number of nitrogens with zero attached hydrogens (tertiary/aromatic N) is 3.